The third-order valence-corrected chi connectivity index (χ3v) is 1.63. The molecule has 2 nitrogen and oxygen atoms in total. The van der Waals surface area contributed by atoms with Crippen LogP contribution in [0, 0.1) is 0 Å². The monoisotopic (exact) mass is 169 g/mol. The molecule has 1 atom stereocenters. The van der Waals surface area contributed by atoms with E-state index >= 15 is 0 Å². The van der Waals surface area contributed by atoms with Crippen LogP contribution < -0.4 is 0 Å². The van der Waals surface area contributed by atoms with Crippen molar-refractivity contribution in [2.24, 2.45) is 0 Å². The summed E-state index contributed by atoms with van der Waals surface area (Å²) in [5.74, 6) is 0. The number of alkyl halides is 3. The predicted octanol–water partition coefficient (Wildman–Crippen LogP) is 0.879. The van der Waals surface area contributed by atoms with Crippen molar-refractivity contribution in [3.8, 4) is 0 Å². The van der Waals surface area contributed by atoms with Crippen molar-refractivity contribution in [3.05, 3.63) is 0 Å². The summed E-state index contributed by atoms with van der Waals surface area (Å²) in [6.07, 6.45) is -5.81. The Bertz CT molecular complexity index is 136. The fourth-order valence-corrected chi connectivity index (χ4v) is 0.976. The molecule has 0 unspecified atom stereocenters. The Morgan fingerprint density at radius 3 is 2.45 bits per heavy atom. The fraction of sp³-hybridized carbons (Fsp3) is 1.00. The molecule has 66 valence electrons. The van der Waals surface area contributed by atoms with Gasteiger partial charge >= 0.3 is 6.18 Å². The lowest BCUT2D eigenvalue weighted by Crippen LogP contribution is -2.47. The molecule has 0 spiro atoms. The van der Waals surface area contributed by atoms with Crippen LogP contribution in [0.2, 0.25) is 0 Å². The summed E-state index contributed by atoms with van der Waals surface area (Å²) in [5.41, 5.74) is 0. The third-order valence-electron chi connectivity index (χ3n) is 1.63. The van der Waals surface area contributed by atoms with Gasteiger partial charge in [-0.15, -0.1) is 0 Å². The van der Waals surface area contributed by atoms with Gasteiger partial charge in [0.1, 0.15) is 0 Å². The van der Waals surface area contributed by atoms with Crippen LogP contribution >= 0.6 is 0 Å². The maximum atomic E-state index is 12.0. The Hall–Kier alpha value is -0.290. The first-order valence-electron chi connectivity index (χ1n) is 3.37. The highest BCUT2D eigenvalue weighted by atomic mass is 19.4. The molecule has 1 fully saturated rings. The molecule has 0 N–H and O–H groups in total. The highest BCUT2D eigenvalue weighted by molar-refractivity contribution is 4.74. The molecule has 0 amide bonds. The lowest BCUT2D eigenvalue weighted by Gasteiger charge is -2.31. The zero-order valence-corrected chi connectivity index (χ0v) is 6.19. The van der Waals surface area contributed by atoms with Crippen LogP contribution in [-0.2, 0) is 4.74 Å². The van der Waals surface area contributed by atoms with E-state index in [1.165, 1.54) is 0 Å². The van der Waals surface area contributed by atoms with Crippen molar-refractivity contribution >= 4 is 0 Å². The number of ether oxygens (including phenoxy) is 1. The van der Waals surface area contributed by atoms with Crippen LogP contribution in [0.25, 0.3) is 0 Å². The molecule has 0 aromatic rings. The Morgan fingerprint density at radius 1 is 1.45 bits per heavy atom. The van der Waals surface area contributed by atoms with Gasteiger partial charge in [-0.05, 0) is 7.05 Å². The number of rotatable bonds is 0. The van der Waals surface area contributed by atoms with Crippen molar-refractivity contribution in [1.29, 1.82) is 0 Å². The van der Waals surface area contributed by atoms with Crippen molar-refractivity contribution in [3.63, 3.8) is 0 Å². The third kappa shape index (κ3) is 2.34. The predicted molar refractivity (Wildman–Crippen MR) is 33.3 cm³/mol. The van der Waals surface area contributed by atoms with Crippen LogP contribution in [0.5, 0.6) is 0 Å². The van der Waals surface area contributed by atoms with Gasteiger partial charge in [0.2, 0.25) is 0 Å². The smallest absolute Gasteiger partial charge is 0.366 e. The molecule has 0 bridgehead atoms. The largest absolute Gasteiger partial charge is 0.415 e. The number of nitrogens with zero attached hydrogens (tertiary/aromatic N) is 1. The van der Waals surface area contributed by atoms with Gasteiger partial charge in [0.25, 0.3) is 0 Å². The average Bonchev–Trinajstić information content (AvgIpc) is 1.86. The Balaban J connectivity index is 2.46. The van der Waals surface area contributed by atoms with E-state index in [1.54, 1.807) is 11.9 Å². The molecule has 1 heterocycles. The first-order chi connectivity index (χ1) is 5.00. The fourth-order valence-electron chi connectivity index (χ4n) is 0.976. The molecule has 0 aliphatic carbocycles. The minimum absolute atomic E-state index is 0.0521. The Morgan fingerprint density at radius 2 is 2.09 bits per heavy atom. The normalized spacial score (nSPS) is 28.9. The number of halogens is 3. The summed E-state index contributed by atoms with van der Waals surface area (Å²) < 4.78 is 40.4. The minimum Gasteiger partial charge on any atom is -0.366 e. The molecule has 0 aromatic carbocycles. The highest BCUT2D eigenvalue weighted by Crippen LogP contribution is 2.24. The van der Waals surface area contributed by atoms with Crippen LogP contribution in [0.4, 0.5) is 13.2 Å². The van der Waals surface area contributed by atoms with E-state index in [9.17, 15) is 13.2 Å². The summed E-state index contributed by atoms with van der Waals surface area (Å²) >= 11 is 0. The van der Waals surface area contributed by atoms with E-state index in [1.807, 2.05) is 0 Å². The molecule has 1 saturated heterocycles. The molecular formula is C6H10F3NO. The van der Waals surface area contributed by atoms with E-state index in [0.29, 0.717) is 6.54 Å². The van der Waals surface area contributed by atoms with Gasteiger partial charge in [0.05, 0.1) is 6.61 Å². The second kappa shape index (κ2) is 2.98. The van der Waals surface area contributed by atoms with E-state index in [2.05, 4.69) is 4.74 Å². The van der Waals surface area contributed by atoms with E-state index < -0.39 is 12.3 Å². The summed E-state index contributed by atoms with van der Waals surface area (Å²) in [5, 5.41) is 0. The van der Waals surface area contributed by atoms with E-state index in [0.717, 1.165) is 0 Å². The lowest BCUT2D eigenvalue weighted by atomic mass is 10.3. The number of morpholine rings is 1. The van der Waals surface area contributed by atoms with Crippen molar-refractivity contribution in [1.82, 2.24) is 4.90 Å². The summed E-state index contributed by atoms with van der Waals surface area (Å²) in [7, 11) is 1.65. The molecule has 1 aliphatic rings. The number of hydrogen-bond donors (Lipinski definition) is 0. The molecule has 0 saturated carbocycles. The van der Waals surface area contributed by atoms with Gasteiger partial charge in [-0.1, -0.05) is 0 Å². The van der Waals surface area contributed by atoms with Crippen molar-refractivity contribution in [2.45, 2.75) is 12.3 Å². The van der Waals surface area contributed by atoms with Crippen LogP contribution in [0.3, 0.4) is 0 Å². The molecule has 1 rings (SSSR count). The Kier molecular flexibility index (Phi) is 2.39. The van der Waals surface area contributed by atoms with Crippen LogP contribution in [0.1, 0.15) is 0 Å². The second-order valence-corrected chi connectivity index (χ2v) is 2.66. The zero-order chi connectivity index (χ0) is 8.48. The topological polar surface area (TPSA) is 12.5 Å². The minimum atomic E-state index is -4.21. The van der Waals surface area contributed by atoms with Crippen molar-refractivity contribution in [2.75, 3.05) is 26.7 Å². The number of likely N-dealkylation sites (N-methyl/N-ethyl adjacent to an activating group) is 1. The molecular weight excluding hydrogens is 159 g/mol. The second-order valence-electron chi connectivity index (χ2n) is 2.66. The maximum Gasteiger partial charge on any atom is 0.415 e. The molecule has 0 radical (unpaired) electrons. The summed E-state index contributed by atoms with van der Waals surface area (Å²) in [6, 6.07) is 0. The quantitative estimate of drug-likeness (QED) is 0.533. The van der Waals surface area contributed by atoms with Gasteiger partial charge in [-0.25, -0.2) is 0 Å². The first kappa shape index (κ1) is 8.80. The number of hydrogen-bond acceptors (Lipinski definition) is 2. The molecule has 11 heavy (non-hydrogen) atoms. The SMILES string of the molecule is CN1CCO[C@H](C(F)(F)F)C1. The Labute approximate surface area is 62.9 Å². The van der Waals surface area contributed by atoms with Gasteiger partial charge in [0.15, 0.2) is 6.10 Å². The van der Waals surface area contributed by atoms with Gasteiger partial charge in [-0.3, -0.25) is 0 Å². The summed E-state index contributed by atoms with van der Waals surface area (Å²) in [6.45, 7) is 0.691. The summed E-state index contributed by atoms with van der Waals surface area (Å²) in [4.78, 5) is 1.61. The average molecular weight is 169 g/mol. The van der Waals surface area contributed by atoms with Crippen molar-refractivity contribution < 1.29 is 17.9 Å². The van der Waals surface area contributed by atoms with Gasteiger partial charge in [-0.2, -0.15) is 13.2 Å². The van der Waals surface area contributed by atoms with E-state index in [4.69, 9.17) is 0 Å². The standard InChI is InChI=1S/C6H10F3NO/c1-10-2-3-11-5(4-10)6(7,8)9/h5H,2-4H2,1H3/t5-/m0/s1. The maximum absolute atomic E-state index is 12.0. The lowest BCUT2D eigenvalue weighted by molar-refractivity contribution is -0.235. The van der Waals surface area contributed by atoms with E-state index in [-0.39, 0.29) is 13.2 Å². The van der Waals surface area contributed by atoms with Crippen LogP contribution in [-0.4, -0.2) is 43.9 Å². The highest BCUT2D eigenvalue weighted by Gasteiger charge is 2.42. The molecule has 1 aliphatic heterocycles. The van der Waals surface area contributed by atoms with Crippen LogP contribution in [0.15, 0.2) is 0 Å². The molecule has 5 heteroatoms. The molecule has 0 aromatic heterocycles. The first-order valence-corrected chi connectivity index (χ1v) is 3.37. The van der Waals surface area contributed by atoms with Gasteiger partial charge < -0.3 is 9.64 Å². The zero-order valence-electron chi connectivity index (χ0n) is 6.19. The van der Waals surface area contributed by atoms with Gasteiger partial charge in [0, 0.05) is 13.1 Å².